The normalized spacial score (nSPS) is 19.5. The van der Waals surface area contributed by atoms with Gasteiger partial charge in [0.15, 0.2) is 6.10 Å². The largest absolute Gasteiger partial charge is 0.479 e. The highest BCUT2D eigenvalue weighted by molar-refractivity contribution is 5.76. The lowest BCUT2D eigenvalue weighted by Gasteiger charge is -2.21. The van der Waals surface area contributed by atoms with Crippen LogP contribution in [0.2, 0.25) is 0 Å². The van der Waals surface area contributed by atoms with Crippen molar-refractivity contribution in [2.24, 2.45) is 0 Å². The molecule has 2 amide bonds. The molecule has 7 nitrogen and oxygen atoms in total. The number of aliphatic hydroxyl groups excluding tert-OH is 1. The van der Waals surface area contributed by atoms with E-state index in [1.165, 1.54) is 0 Å². The highest BCUT2D eigenvalue weighted by atomic mass is 16.4. The number of aliphatic hydroxyl groups is 1. The molecule has 1 heterocycles. The number of hydrogen-bond donors (Lipinski definition) is 3. The minimum atomic E-state index is -1.55. The molecule has 1 aliphatic rings. The molecular weight excluding hydrogens is 226 g/mol. The first-order valence-corrected chi connectivity index (χ1v) is 5.63. The summed E-state index contributed by atoms with van der Waals surface area (Å²) in [6.45, 7) is 2.75. The summed E-state index contributed by atoms with van der Waals surface area (Å²) >= 11 is 0. The first kappa shape index (κ1) is 13.7. The van der Waals surface area contributed by atoms with Gasteiger partial charge < -0.3 is 25.3 Å². The van der Waals surface area contributed by atoms with Gasteiger partial charge in [-0.3, -0.25) is 0 Å². The van der Waals surface area contributed by atoms with Gasteiger partial charge in [-0.2, -0.15) is 0 Å². The van der Waals surface area contributed by atoms with Crippen molar-refractivity contribution in [3.8, 4) is 0 Å². The van der Waals surface area contributed by atoms with E-state index in [4.69, 9.17) is 10.2 Å². The number of nitrogens with one attached hydrogen (secondary N) is 1. The lowest BCUT2D eigenvalue weighted by atomic mass is 10.3. The van der Waals surface area contributed by atoms with E-state index in [2.05, 4.69) is 10.2 Å². The molecule has 0 unspecified atom stereocenters. The van der Waals surface area contributed by atoms with Crippen molar-refractivity contribution in [1.29, 1.82) is 0 Å². The Morgan fingerprint density at radius 1 is 1.29 bits per heavy atom. The van der Waals surface area contributed by atoms with Gasteiger partial charge >= 0.3 is 12.0 Å². The zero-order chi connectivity index (χ0) is 12.8. The van der Waals surface area contributed by atoms with Crippen LogP contribution in [-0.4, -0.2) is 77.9 Å². The maximum Gasteiger partial charge on any atom is 0.334 e. The van der Waals surface area contributed by atoms with Gasteiger partial charge in [-0.15, -0.1) is 0 Å². The van der Waals surface area contributed by atoms with Crippen molar-refractivity contribution >= 4 is 12.0 Å². The summed E-state index contributed by atoms with van der Waals surface area (Å²) in [5.74, 6) is -1.33. The van der Waals surface area contributed by atoms with E-state index in [-0.39, 0.29) is 12.6 Å². The van der Waals surface area contributed by atoms with E-state index in [0.29, 0.717) is 13.1 Å². The summed E-state index contributed by atoms with van der Waals surface area (Å²) in [6.07, 6.45) is -0.653. The fourth-order valence-electron chi connectivity index (χ4n) is 1.63. The average molecular weight is 245 g/mol. The van der Waals surface area contributed by atoms with Gasteiger partial charge in [-0.05, 0) is 20.0 Å². The van der Waals surface area contributed by atoms with Gasteiger partial charge in [-0.1, -0.05) is 0 Å². The zero-order valence-electron chi connectivity index (χ0n) is 9.93. The minimum Gasteiger partial charge on any atom is -0.479 e. The Labute approximate surface area is 100.0 Å². The van der Waals surface area contributed by atoms with Gasteiger partial charge in [0.25, 0.3) is 0 Å². The van der Waals surface area contributed by atoms with Crippen molar-refractivity contribution < 1.29 is 19.8 Å². The van der Waals surface area contributed by atoms with Crippen LogP contribution in [0.4, 0.5) is 4.79 Å². The molecule has 0 aliphatic carbocycles. The molecule has 0 radical (unpaired) electrons. The quantitative estimate of drug-likeness (QED) is 0.579. The molecule has 1 aliphatic heterocycles. The monoisotopic (exact) mass is 245 g/mol. The number of nitrogens with zero attached hydrogens (tertiary/aromatic N) is 2. The molecule has 0 bridgehead atoms. The van der Waals surface area contributed by atoms with Gasteiger partial charge in [0.1, 0.15) is 0 Å². The number of likely N-dealkylation sites (N-methyl/N-ethyl adjacent to an activating group) is 1. The van der Waals surface area contributed by atoms with E-state index in [0.717, 1.165) is 19.5 Å². The zero-order valence-corrected chi connectivity index (χ0v) is 9.93. The highest BCUT2D eigenvalue weighted by Gasteiger charge is 2.19. The Hall–Kier alpha value is -1.34. The van der Waals surface area contributed by atoms with Crippen LogP contribution >= 0.6 is 0 Å². The number of aliphatic carboxylic acids is 1. The number of urea groups is 1. The first-order valence-electron chi connectivity index (χ1n) is 5.63. The van der Waals surface area contributed by atoms with Crippen molar-refractivity contribution in [2.45, 2.75) is 12.5 Å². The smallest absolute Gasteiger partial charge is 0.334 e. The summed E-state index contributed by atoms with van der Waals surface area (Å²) in [4.78, 5) is 25.8. The Balaban J connectivity index is 2.34. The Morgan fingerprint density at radius 3 is 2.65 bits per heavy atom. The Kier molecular flexibility index (Phi) is 5.17. The summed E-state index contributed by atoms with van der Waals surface area (Å²) in [5.41, 5.74) is 0. The van der Waals surface area contributed by atoms with Crippen LogP contribution in [0, 0.1) is 0 Å². The number of rotatable bonds is 3. The molecule has 98 valence electrons. The average Bonchev–Trinajstić information content (AvgIpc) is 2.50. The number of carboxylic acid groups (broad SMARTS) is 1. The molecule has 0 spiro atoms. The number of carbonyl (C=O) groups excluding carboxylic acids is 1. The molecule has 0 aromatic heterocycles. The fraction of sp³-hybridized carbons (Fsp3) is 0.800. The summed E-state index contributed by atoms with van der Waals surface area (Å²) in [5, 5.41) is 19.9. The maximum absolute atomic E-state index is 11.7. The highest BCUT2D eigenvalue weighted by Crippen LogP contribution is 2.01. The molecule has 7 heteroatoms. The number of carbonyl (C=O) groups is 2. The first-order chi connectivity index (χ1) is 8.00. The van der Waals surface area contributed by atoms with Gasteiger partial charge in [0, 0.05) is 19.6 Å². The van der Waals surface area contributed by atoms with Crippen LogP contribution in [0.5, 0.6) is 0 Å². The molecule has 1 atom stereocenters. The van der Waals surface area contributed by atoms with Crippen LogP contribution in [0.3, 0.4) is 0 Å². The van der Waals surface area contributed by atoms with E-state index in [1.807, 2.05) is 7.05 Å². The predicted octanol–water partition coefficient (Wildman–Crippen LogP) is -1.22. The number of hydrogen-bond acceptors (Lipinski definition) is 4. The standard InChI is InChI=1S/C10H19N3O4/c1-12-3-2-4-13(6-5-12)10(17)11-7-8(14)9(15)16/h8,14H,2-7H2,1H3,(H,11,17)(H,15,16)/t8-/m0/s1. The van der Waals surface area contributed by atoms with E-state index >= 15 is 0 Å². The van der Waals surface area contributed by atoms with Gasteiger partial charge in [-0.25, -0.2) is 9.59 Å². The summed E-state index contributed by atoms with van der Waals surface area (Å²) in [6, 6.07) is -0.319. The van der Waals surface area contributed by atoms with Crippen molar-refractivity contribution in [3.05, 3.63) is 0 Å². The fourth-order valence-corrected chi connectivity index (χ4v) is 1.63. The SMILES string of the molecule is CN1CCCN(C(=O)NC[C@H](O)C(=O)O)CC1. The minimum absolute atomic E-state index is 0.263. The molecule has 1 rings (SSSR count). The second kappa shape index (κ2) is 6.41. The van der Waals surface area contributed by atoms with Crippen molar-refractivity contribution in [2.75, 3.05) is 39.8 Å². The van der Waals surface area contributed by atoms with Gasteiger partial charge in [0.05, 0.1) is 6.54 Å². The second-order valence-electron chi connectivity index (χ2n) is 4.18. The molecule has 1 saturated heterocycles. The Morgan fingerprint density at radius 2 is 2.00 bits per heavy atom. The molecule has 1 fully saturated rings. The van der Waals surface area contributed by atoms with Crippen molar-refractivity contribution in [3.63, 3.8) is 0 Å². The molecule has 0 saturated carbocycles. The predicted molar refractivity (Wildman–Crippen MR) is 60.7 cm³/mol. The lowest BCUT2D eigenvalue weighted by Crippen LogP contribution is -2.45. The summed E-state index contributed by atoms with van der Waals surface area (Å²) < 4.78 is 0. The topological polar surface area (TPSA) is 93.1 Å². The van der Waals surface area contributed by atoms with Gasteiger partial charge in [0.2, 0.25) is 0 Å². The molecule has 0 aromatic rings. The van der Waals surface area contributed by atoms with E-state index < -0.39 is 12.1 Å². The summed E-state index contributed by atoms with van der Waals surface area (Å²) in [7, 11) is 2.00. The van der Waals surface area contributed by atoms with E-state index in [9.17, 15) is 9.59 Å². The molecule has 0 aromatic carbocycles. The number of carboxylic acids is 1. The molecule has 17 heavy (non-hydrogen) atoms. The van der Waals surface area contributed by atoms with Crippen LogP contribution < -0.4 is 5.32 Å². The second-order valence-corrected chi connectivity index (χ2v) is 4.18. The molecule has 3 N–H and O–H groups in total. The van der Waals surface area contributed by atoms with E-state index in [1.54, 1.807) is 4.90 Å². The lowest BCUT2D eigenvalue weighted by molar-refractivity contribution is -0.146. The maximum atomic E-state index is 11.7. The third kappa shape index (κ3) is 4.58. The van der Waals surface area contributed by atoms with Crippen LogP contribution in [0.15, 0.2) is 0 Å². The van der Waals surface area contributed by atoms with Crippen LogP contribution in [0.25, 0.3) is 0 Å². The van der Waals surface area contributed by atoms with Crippen molar-refractivity contribution in [1.82, 2.24) is 15.1 Å². The third-order valence-corrected chi connectivity index (χ3v) is 2.74. The Bertz CT molecular complexity index is 285. The number of amides is 2. The van der Waals surface area contributed by atoms with Crippen LogP contribution in [0.1, 0.15) is 6.42 Å². The third-order valence-electron chi connectivity index (χ3n) is 2.74. The van der Waals surface area contributed by atoms with Crippen LogP contribution in [-0.2, 0) is 4.79 Å². The molecular formula is C10H19N3O4.